The van der Waals surface area contributed by atoms with Crippen LogP contribution in [-0.2, 0) is 6.42 Å². The van der Waals surface area contributed by atoms with Gasteiger partial charge in [0, 0.05) is 18.3 Å². The number of nitrogens with one attached hydrogen (secondary N) is 1. The minimum absolute atomic E-state index is 0.572. The molecular formula is C14H18N4O. The fraction of sp³-hybridized carbons (Fsp3) is 0.286. The lowest BCUT2D eigenvalue weighted by molar-refractivity contribution is 0.396. The molecule has 1 aromatic carbocycles. The average Bonchev–Trinajstić information content (AvgIpc) is 2.40. The number of anilines is 2. The van der Waals surface area contributed by atoms with E-state index in [-0.39, 0.29) is 0 Å². The maximum absolute atomic E-state index is 5.65. The zero-order valence-electron chi connectivity index (χ0n) is 11.2. The highest BCUT2D eigenvalue weighted by Gasteiger charge is 2.01. The van der Waals surface area contributed by atoms with Gasteiger partial charge in [0.1, 0.15) is 11.6 Å². The number of aromatic nitrogens is 2. The Labute approximate surface area is 112 Å². The molecule has 0 spiro atoms. The van der Waals surface area contributed by atoms with Crippen LogP contribution < -0.4 is 15.8 Å². The van der Waals surface area contributed by atoms with Crippen molar-refractivity contribution in [2.24, 2.45) is 0 Å². The molecule has 5 nitrogen and oxygen atoms in total. The minimum atomic E-state index is 0.572. The molecule has 0 aliphatic rings. The van der Waals surface area contributed by atoms with Gasteiger partial charge in [0.2, 0.25) is 5.88 Å². The summed E-state index contributed by atoms with van der Waals surface area (Å²) in [7, 11) is 1.60. The molecule has 0 aliphatic heterocycles. The largest absolute Gasteiger partial charge is 0.481 e. The molecule has 0 fully saturated rings. The summed E-state index contributed by atoms with van der Waals surface area (Å²) in [5, 5.41) is 3.26. The van der Waals surface area contributed by atoms with Crippen molar-refractivity contribution in [1.82, 2.24) is 9.97 Å². The molecule has 2 aromatic rings. The molecule has 0 bridgehead atoms. The van der Waals surface area contributed by atoms with Crippen molar-refractivity contribution >= 4 is 11.5 Å². The van der Waals surface area contributed by atoms with E-state index >= 15 is 0 Å². The summed E-state index contributed by atoms with van der Waals surface area (Å²) in [6, 6.07) is 9.67. The average molecular weight is 258 g/mol. The molecule has 2 rings (SSSR count). The number of ether oxygens (including phenoxy) is 1. The van der Waals surface area contributed by atoms with Gasteiger partial charge >= 0.3 is 0 Å². The van der Waals surface area contributed by atoms with Gasteiger partial charge < -0.3 is 15.8 Å². The Morgan fingerprint density at radius 1 is 1.21 bits per heavy atom. The second kappa shape index (κ2) is 6.04. The zero-order valence-corrected chi connectivity index (χ0v) is 11.2. The zero-order chi connectivity index (χ0) is 13.7. The molecule has 1 aromatic heterocycles. The molecule has 0 atom stereocenters. The molecular weight excluding hydrogens is 240 g/mol. The smallest absolute Gasteiger partial charge is 0.218 e. The highest BCUT2D eigenvalue weighted by molar-refractivity contribution is 5.41. The molecule has 100 valence electrons. The Morgan fingerprint density at radius 3 is 2.63 bits per heavy atom. The van der Waals surface area contributed by atoms with Crippen molar-refractivity contribution in [3.8, 4) is 5.88 Å². The van der Waals surface area contributed by atoms with E-state index in [9.17, 15) is 0 Å². The summed E-state index contributed by atoms with van der Waals surface area (Å²) < 4.78 is 5.11. The number of nitrogens with zero attached hydrogens (tertiary/aromatic N) is 2. The number of aryl methyl sites for hydroxylation is 1. The van der Waals surface area contributed by atoms with Crippen LogP contribution in [0.15, 0.2) is 30.3 Å². The van der Waals surface area contributed by atoms with Gasteiger partial charge in [-0.1, -0.05) is 12.1 Å². The molecule has 0 radical (unpaired) electrons. The van der Waals surface area contributed by atoms with Gasteiger partial charge in [-0.2, -0.15) is 4.98 Å². The quantitative estimate of drug-likeness (QED) is 0.803. The second-order valence-electron chi connectivity index (χ2n) is 4.26. The monoisotopic (exact) mass is 258 g/mol. The summed E-state index contributed by atoms with van der Waals surface area (Å²) in [6.45, 7) is 2.64. The van der Waals surface area contributed by atoms with Crippen LogP contribution in [-0.4, -0.2) is 23.6 Å². The first-order valence-corrected chi connectivity index (χ1v) is 6.15. The lowest BCUT2D eigenvalue weighted by Gasteiger charge is -2.08. The van der Waals surface area contributed by atoms with Crippen molar-refractivity contribution < 1.29 is 4.74 Å². The van der Waals surface area contributed by atoms with Gasteiger partial charge in [0.15, 0.2) is 0 Å². The first-order chi connectivity index (χ1) is 9.17. The van der Waals surface area contributed by atoms with E-state index < -0.39 is 0 Å². The number of benzene rings is 1. The molecule has 5 heteroatoms. The standard InChI is InChI=1S/C14H18N4O/c1-10-17-13(9-14(18-10)19-2)16-8-7-11-3-5-12(15)6-4-11/h3-6,9H,7-8,15H2,1-2H3,(H,16,17,18). The van der Waals surface area contributed by atoms with Gasteiger partial charge in [-0.25, -0.2) is 4.98 Å². The number of hydrogen-bond acceptors (Lipinski definition) is 5. The van der Waals surface area contributed by atoms with Crippen molar-refractivity contribution in [3.63, 3.8) is 0 Å². The number of hydrogen-bond donors (Lipinski definition) is 2. The van der Waals surface area contributed by atoms with E-state index in [1.807, 2.05) is 31.2 Å². The Bertz CT molecular complexity index is 540. The van der Waals surface area contributed by atoms with Crippen LogP contribution in [0, 0.1) is 6.92 Å². The number of nitrogens with two attached hydrogens (primary N) is 1. The van der Waals surface area contributed by atoms with E-state index in [2.05, 4.69) is 15.3 Å². The first-order valence-electron chi connectivity index (χ1n) is 6.15. The summed E-state index contributed by atoms with van der Waals surface area (Å²) in [6.07, 6.45) is 0.908. The van der Waals surface area contributed by atoms with Gasteiger partial charge in [0.05, 0.1) is 7.11 Å². The Hall–Kier alpha value is -2.30. The molecule has 3 N–H and O–H groups in total. The Kier molecular flexibility index (Phi) is 4.18. The summed E-state index contributed by atoms with van der Waals surface area (Å²) in [4.78, 5) is 8.45. The number of nitrogen functional groups attached to an aromatic ring is 1. The predicted molar refractivity (Wildman–Crippen MR) is 76.4 cm³/mol. The highest BCUT2D eigenvalue weighted by atomic mass is 16.5. The third-order valence-corrected chi connectivity index (χ3v) is 2.72. The molecule has 0 aliphatic carbocycles. The summed E-state index contributed by atoms with van der Waals surface area (Å²) in [5.74, 6) is 2.04. The Morgan fingerprint density at radius 2 is 1.95 bits per heavy atom. The predicted octanol–water partition coefficient (Wildman–Crippen LogP) is 2.03. The van der Waals surface area contributed by atoms with Gasteiger partial charge in [0.25, 0.3) is 0 Å². The maximum Gasteiger partial charge on any atom is 0.218 e. The van der Waals surface area contributed by atoms with Gasteiger partial charge in [-0.3, -0.25) is 0 Å². The molecule has 0 unspecified atom stereocenters. The van der Waals surface area contributed by atoms with E-state index in [1.165, 1.54) is 5.56 Å². The van der Waals surface area contributed by atoms with Gasteiger partial charge in [-0.15, -0.1) is 0 Å². The molecule has 0 saturated heterocycles. The van der Waals surface area contributed by atoms with Crippen LogP contribution in [0.2, 0.25) is 0 Å². The van der Waals surface area contributed by atoms with Crippen LogP contribution in [0.1, 0.15) is 11.4 Å². The first kappa shape index (κ1) is 13.1. The third-order valence-electron chi connectivity index (χ3n) is 2.72. The van der Waals surface area contributed by atoms with Crippen LogP contribution in [0.4, 0.5) is 11.5 Å². The normalized spacial score (nSPS) is 10.2. The van der Waals surface area contributed by atoms with E-state index in [0.717, 1.165) is 24.5 Å². The lowest BCUT2D eigenvalue weighted by atomic mass is 10.1. The fourth-order valence-electron chi connectivity index (χ4n) is 1.75. The Balaban J connectivity index is 1.92. The van der Waals surface area contributed by atoms with Crippen LogP contribution >= 0.6 is 0 Å². The number of methoxy groups -OCH3 is 1. The summed E-state index contributed by atoms with van der Waals surface area (Å²) in [5.41, 5.74) is 7.67. The second-order valence-corrected chi connectivity index (χ2v) is 4.26. The number of rotatable bonds is 5. The van der Waals surface area contributed by atoms with Crippen molar-refractivity contribution in [2.75, 3.05) is 24.7 Å². The highest BCUT2D eigenvalue weighted by Crippen LogP contribution is 2.13. The molecule has 0 saturated carbocycles. The summed E-state index contributed by atoms with van der Waals surface area (Å²) >= 11 is 0. The van der Waals surface area contributed by atoms with Crippen LogP contribution in [0.25, 0.3) is 0 Å². The fourth-order valence-corrected chi connectivity index (χ4v) is 1.75. The van der Waals surface area contributed by atoms with E-state index in [1.54, 1.807) is 13.2 Å². The van der Waals surface area contributed by atoms with Crippen molar-refractivity contribution in [3.05, 3.63) is 41.7 Å². The van der Waals surface area contributed by atoms with Gasteiger partial charge in [-0.05, 0) is 31.0 Å². The van der Waals surface area contributed by atoms with Crippen molar-refractivity contribution in [1.29, 1.82) is 0 Å². The maximum atomic E-state index is 5.65. The van der Waals surface area contributed by atoms with Crippen molar-refractivity contribution in [2.45, 2.75) is 13.3 Å². The molecule has 1 heterocycles. The third kappa shape index (κ3) is 3.84. The van der Waals surface area contributed by atoms with Crippen LogP contribution in [0.5, 0.6) is 5.88 Å². The molecule has 19 heavy (non-hydrogen) atoms. The van der Waals surface area contributed by atoms with E-state index in [0.29, 0.717) is 11.7 Å². The van der Waals surface area contributed by atoms with E-state index in [4.69, 9.17) is 10.5 Å². The topological polar surface area (TPSA) is 73.1 Å². The molecule has 0 amide bonds. The lowest BCUT2D eigenvalue weighted by Crippen LogP contribution is -2.08. The van der Waals surface area contributed by atoms with Crippen LogP contribution in [0.3, 0.4) is 0 Å². The SMILES string of the molecule is COc1cc(NCCc2ccc(N)cc2)nc(C)n1. The minimum Gasteiger partial charge on any atom is -0.481 e.